The molecule has 3 aliphatic carbocycles. The maximum Gasteiger partial charge on any atom is 0.138 e. The van der Waals surface area contributed by atoms with Crippen LogP contribution in [0.4, 0.5) is 0 Å². The lowest BCUT2D eigenvalue weighted by molar-refractivity contribution is -0.131. The fourth-order valence-corrected chi connectivity index (χ4v) is 3.15. The van der Waals surface area contributed by atoms with Gasteiger partial charge in [-0.3, -0.25) is 4.79 Å². The highest BCUT2D eigenvalue weighted by Gasteiger charge is 2.39. The average molecular weight is 180 g/mol. The number of hydrogen-bond donors (Lipinski definition) is 0. The largest absolute Gasteiger partial charge is 0.299 e. The molecule has 1 heteroatoms. The monoisotopic (exact) mass is 180 g/mol. The van der Waals surface area contributed by atoms with Crippen LogP contribution in [0, 0.1) is 23.7 Å². The Hall–Kier alpha value is -0.330. The third kappa shape index (κ3) is 1.66. The Morgan fingerprint density at radius 3 is 2.15 bits per heavy atom. The first kappa shape index (κ1) is 9.23. The second-order valence-electron chi connectivity index (χ2n) is 5.18. The van der Waals surface area contributed by atoms with Crippen molar-refractivity contribution in [3.8, 4) is 0 Å². The first-order valence-corrected chi connectivity index (χ1v) is 5.72. The molecule has 1 unspecified atom stereocenters. The zero-order chi connectivity index (χ0) is 9.42. The normalized spacial score (nSPS) is 38.2. The van der Waals surface area contributed by atoms with Gasteiger partial charge in [0.15, 0.2) is 0 Å². The molecule has 0 N–H and O–H groups in total. The van der Waals surface area contributed by atoms with E-state index >= 15 is 0 Å². The summed E-state index contributed by atoms with van der Waals surface area (Å²) in [6.07, 6.45) is 6.66. The molecule has 0 aliphatic heterocycles. The summed E-state index contributed by atoms with van der Waals surface area (Å²) < 4.78 is 0. The second-order valence-corrected chi connectivity index (χ2v) is 5.18. The van der Waals surface area contributed by atoms with Crippen molar-refractivity contribution in [2.45, 2.75) is 46.0 Å². The Labute approximate surface area is 80.9 Å². The van der Waals surface area contributed by atoms with Crippen LogP contribution >= 0.6 is 0 Å². The molecule has 3 fully saturated rings. The Kier molecular flexibility index (Phi) is 2.44. The van der Waals surface area contributed by atoms with E-state index in [-0.39, 0.29) is 5.92 Å². The van der Waals surface area contributed by atoms with Crippen LogP contribution in [-0.4, -0.2) is 5.78 Å². The minimum Gasteiger partial charge on any atom is -0.299 e. The van der Waals surface area contributed by atoms with Crippen LogP contribution in [0.15, 0.2) is 0 Å². The Morgan fingerprint density at radius 1 is 1.15 bits per heavy atom. The number of fused-ring (bicyclic) bond motifs is 3. The molecule has 1 nitrogen and oxygen atoms in total. The van der Waals surface area contributed by atoms with Gasteiger partial charge in [-0.2, -0.15) is 0 Å². The number of Topliss-reactive ketones (excluding diaryl/α,β-unsaturated/α-hetero) is 1. The molecule has 3 saturated carbocycles. The van der Waals surface area contributed by atoms with E-state index in [1.165, 1.54) is 32.1 Å². The van der Waals surface area contributed by atoms with Gasteiger partial charge < -0.3 is 0 Å². The van der Waals surface area contributed by atoms with Crippen LogP contribution in [0.2, 0.25) is 0 Å². The van der Waals surface area contributed by atoms with Gasteiger partial charge in [0.2, 0.25) is 0 Å². The second kappa shape index (κ2) is 3.43. The van der Waals surface area contributed by atoms with Crippen molar-refractivity contribution in [2.24, 2.45) is 23.7 Å². The Bertz CT molecular complexity index is 199. The van der Waals surface area contributed by atoms with Crippen molar-refractivity contribution in [3.05, 3.63) is 0 Å². The van der Waals surface area contributed by atoms with Crippen molar-refractivity contribution in [2.75, 3.05) is 0 Å². The highest BCUT2D eigenvalue weighted by molar-refractivity contribution is 5.83. The van der Waals surface area contributed by atoms with Crippen LogP contribution in [0.1, 0.15) is 46.0 Å². The summed E-state index contributed by atoms with van der Waals surface area (Å²) in [5.74, 6) is 2.86. The number of hydrogen-bond acceptors (Lipinski definition) is 1. The minimum atomic E-state index is 0.254. The van der Waals surface area contributed by atoms with Crippen molar-refractivity contribution in [1.82, 2.24) is 0 Å². The van der Waals surface area contributed by atoms with Gasteiger partial charge in [-0.15, -0.1) is 0 Å². The topological polar surface area (TPSA) is 17.1 Å². The van der Waals surface area contributed by atoms with Gasteiger partial charge in [-0.1, -0.05) is 26.7 Å². The summed E-state index contributed by atoms with van der Waals surface area (Å²) >= 11 is 0. The van der Waals surface area contributed by atoms with E-state index in [0.29, 0.717) is 11.7 Å². The third-order valence-corrected chi connectivity index (χ3v) is 3.98. The van der Waals surface area contributed by atoms with E-state index < -0.39 is 0 Å². The van der Waals surface area contributed by atoms with Gasteiger partial charge in [0, 0.05) is 11.8 Å². The van der Waals surface area contributed by atoms with Gasteiger partial charge in [0.1, 0.15) is 5.78 Å². The molecule has 2 bridgehead atoms. The lowest BCUT2D eigenvalue weighted by Gasteiger charge is -2.42. The van der Waals surface area contributed by atoms with Crippen LogP contribution in [0.5, 0.6) is 0 Å². The van der Waals surface area contributed by atoms with Crippen molar-refractivity contribution in [3.63, 3.8) is 0 Å². The zero-order valence-corrected chi connectivity index (χ0v) is 8.75. The molecule has 13 heavy (non-hydrogen) atoms. The van der Waals surface area contributed by atoms with Crippen LogP contribution in [0.25, 0.3) is 0 Å². The summed E-state index contributed by atoms with van der Waals surface area (Å²) in [4.78, 5) is 11.9. The van der Waals surface area contributed by atoms with Crippen LogP contribution < -0.4 is 0 Å². The third-order valence-electron chi connectivity index (χ3n) is 3.98. The molecule has 0 aromatic carbocycles. The molecule has 0 spiro atoms. The van der Waals surface area contributed by atoms with Crippen LogP contribution in [0.3, 0.4) is 0 Å². The maximum atomic E-state index is 11.9. The highest BCUT2D eigenvalue weighted by Crippen LogP contribution is 2.45. The summed E-state index contributed by atoms with van der Waals surface area (Å²) in [6.45, 7) is 4.09. The Balaban J connectivity index is 2.04. The van der Waals surface area contributed by atoms with Gasteiger partial charge in [-0.25, -0.2) is 0 Å². The van der Waals surface area contributed by atoms with Crippen LogP contribution in [-0.2, 0) is 4.79 Å². The average Bonchev–Trinajstić information content (AvgIpc) is 2.18. The van der Waals surface area contributed by atoms with Crippen molar-refractivity contribution >= 4 is 5.78 Å². The van der Waals surface area contributed by atoms with E-state index in [4.69, 9.17) is 0 Å². The van der Waals surface area contributed by atoms with E-state index in [1.807, 2.05) is 13.8 Å². The summed E-state index contributed by atoms with van der Waals surface area (Å²) in [5, 5.41) is 0. The van der Waals surface area contributed by atoms with E-state index in [2.05, 4.69) is 0 Å². The number of carbonyl (C=O) groups is 1. The van der Waals surface area contributed by atoms with E-state index in [0.717, 1.165) is 11.8 Å². The highest BCUT2D eigenvalue weighted by atomic mass is 16.1. The van der Waals surface area contributed by atoms with Gasteiger partial charge in [0.05, 0.1) is 0 Å². The summed E-state index contributed by atoms with van der Waals surface area (Å²) in [7, 11) is 0. The maximum absolute atomic E-state index is 11.9. The number of carbonyl (C=O) groups excluding carboxylic acids is 1. The molecular formula is C12H20O. The van der Waals surface area contributed by atoms with Crippen molar-refractivity contribution in [1.29, 1.82) is 0 Å². The zero-order valence-electron chi connectivity index (χ0n) is 8.75. The van der Waals surface area contributed by atoms with E-state index in [1.54, 1.807) is 0 Å². The first-order valence-electron chi connectivity index (χ1n) is 5.72. The molecular weight excluding hydrogens is 160 g/mol. The first-order chi connectivity index (χ1) is 6.18. The van der Waals surface area contributed by atoms with Gasteiger partial charge >= 0.3 is 0 Å². The fourth-order valence-electron chi connectivity index (χ4n) is 3.15. The van der Waals surface area contributed by atoms with E-state index in [9.17, 15) is 4.79 Å². The quantitative estimate of drug-likeness (QED) is 0.638. The smallest absolute Gasteiger partial charge is 0.138 e. The summed E-state index contributed by atoms with van der Waals surface area (Å²) in [5.41, 5.74) is 0. The molecule has 0 aromatic heterocycles. The molecule has 1 atom stereocenters. The summed E-state index contributed by atoms with van der Waals surface area (Å²) in [6, 6.07) is 0. The number of rotatable bonds is 2. The van der Waals surface area contributed by atoms with Gasteiger partial charge in [-0.05, 0) is 31.1 Å². The molecule has 0 radical (unpaired) electrons. The molecule has 0 aromatic rings. The lowest BCUT2D eigenvalue weighted by atomic mass is 9.62. The molecule has 74 valence electrons. The Morgan fingerprint density at radius 2 is 1.77 bits per heavy atom. The molecule has 0 heterocycles. The molecule has 3 aliphatic rings. The SMILES string of the molecule is CC(C)C(=O)C1CC2CCC1CC2. The minimum absolute atomic E-state index is 0.254. The molecule has 0 amide bonds. The predicted octanol–water partition coefficient (Wildman–Crippen LogP) is 3.04. The fraction of sp³-hybridized carbons (Fsp3) is 0.917. The lowest BCUT2D eigenvalue weighted by Crippen LogP contribution is -2.37. The van der Waals surface area contributed by atoms with Gasteiger partial charge in [0.25, 0.3) is 0 Å². The molecule has 0 saturated heterocycles. The standard InChI is InChI=1S/C12H20O/c1-8(2)12(13)11-7-9-3-5-10(11)6-4-9/h8-11H,3-7H2,1-2H3. The predicted molar refractivity (Wildman–Crippen MR) is 53.4 cm³/mol. The number of ketones is 1. The molecule has 3 rings (SSSR count). The van der Waals surface area contributed by atoms with Crippen molar-refractivity contribution < 1.29 is 4.79 Å².